The van der Waals surface area contributed by atoms with Crippen molar-refractivity contribution in [2.45, 2.75) is 18.6 Å². The van der Waals surface area contributed by atoms with Crippen molar-refractivity contribution in [1.82, 2.24) is 15.1 Å². The van der Waals surface area contributed by atoms with Gasteiger partial charge in [0, 0.05) is 36.3 Å². The van der Waals surface area contributed by atoms with Crippen molar-refractivity contribution < 1.29 is 42.4 Å². The average molecular weight is 570 g/mol. The van der Waals surface area contributed by atoms with Crippen molar-refractivity contribution >= 4 is 29.4 Å². The molecule has 0 aliphatic carbocycles. The van der Waals surface area contributed by atoms with E-state index in [1.165, 1.54) is 30.3 Å². The summed E-state index contributed by atoms with van der Waals surface area (Å²) >= 11 is 0. The Hall–Kier alpha value is -5.27. The molecule has 212 valence electrons. The number of nitro benzene ring substituents is 1. The monoisotopic (exact) mass is 570 g/mol. The van der Waals surface area contributed by atoms with Gasteiger partial charge in [0.25, 0.3) is 23.4 Å². The quantitative estimate of drug-likeness (QED) is 0.312. The number of rotatable bonds is 8. The summed E-state index contributed by atoms with van der Waals surface area (Å²) in [7, 11) is 0. The number of carboxylic acids is 1. The highest BCUT2D eigenvalue weighted by Crippen LogP contribution is 2.26. The fraction of sp³-hybridized carbons (Fsp3) is 0.185. The van der Waals surface area contributed by atoms with Crippen LogP contribution in [0.2, 0.25) is 0 Å². The second-order valence-electron chi connectivity index (χ2n) is 9.02. The Morgan fingerprint density at radius 3 is 2.10 bits per heavy atom. The summed E-state index contributed by atoms with van der Waals surface area (Å²) in [5.41, 5.74) is -0.634. The largest absolute Gasteiger partial charge is 0.481 e. The first-order valence-corrected chi connectivity index (χ1v) is 12.1. The van der Waals surface area contributed by atoms with Crippen molar-refractivity contribution in [3.05, 3.63) is 111 Å². The molecule has 3 amide bonds. The van der Waals surface area contributed by atoms with Crippen LogP contribution in [0.15, 0.2) is 66.7 Å². The van der Waals surface area contributed by atoms with Gasteiger partial charge in [-0.25, -0.2) is 13.2 Å². The van der Waals surface area contributed by atoms with Crippen molar-refractivity contribution in [3.63, 3.8) is 0 Å². The Labute approximate surface area is 229 Å². The number of carbonyl (C=O) groups excluding carboxylic acids is 3. The van der Waals surface area contributed by atoms with Crippen LogP contribution >= 0.6 is 0 Å². The van der Waals surface area contributed by atoms with E-state index in [1.54, 1.807) is 0 Å². The van der Waals surface area contributed by atoms with Gasteiger partial charge in [-0.05, 0) is 48.0 Å². The molecule has 3 aromatic carbocycles. The third kappa shape index (κ3) is 6.32. The number of carbonyl (C=O) groups is 4. The maximum absolute atomic E-state index is 13.9. The molecule has 3 aromatic rings. The molecule has 41 heavy (non-hydrogen) atoms. The van der Waals surface area contributed by atoms with E-state index in [0.29, 0.717) is 6.07 Å². The van der Waals surface area contributed by atoms with Crippen LogP contribution in [0.25, 0.3) is 0 Å². The zero-order chi connectivity index (χ0) is 29.8. The second-order valence-corrected chi connectivity index (χ2v) is 9.02. The molecule has 0 radical (unpaired) electrons. The number of nitrogens with zero attached hydrogens (tertiary/aromatic N) is 3. The molecule has 0 spiro atoms. The minimum atomic E-state index is -1.69. The molecule has 14 heteroatoms. The summed E-state index contributed by atoms with van der Waals surface area (Å²) in [4.78, 5) is 64.4. The minimum absolute atomic E-state index is 0.0212. The summed E-state index contributed by atoms with van der Waals surface area (Å²) in [6.07, 6.45) is -2.40. The van der Waals surface area contributed by atoms with Crippen molar-refractivity contribution in [2.75, 3.05) is 13.1 Å². The summed E-state index contributed by atoms with van der Waals surface area (Å²) in [6, 6.07) is 10.3. The zero-order valence-electron chi connectivity index (χ0n) is 21.0. The Kier molecular flexibility index (Phi) is 8.31. The molecule has 2 atom stereocenters. The van der Waals surface area contributed by atoms with Gasteiger partial charge in [0.1, 0.15) is 5.82 Å². The van der Waals surface area contributed by atoms with Crippen LogP contribution in [-0.4, -0.2) is 62.8 Å². The predicted octanol–water partition coefficient (Wildman–Crippen LogP) is 3.27. The fourth-order valence-electron chi connectivity index (χ4n) is 4.42. The van der Waals surface area contributed by atoms with Gasteiger partial charge >= 0.3 is 5.97 Å². The number of hydrogen-bond acceptors (Lipinski definition) is 6. The van der Waals surface area contributed by atoms with Crippen molar-refractivity contribution in [3.8, 4) is 0 Å². The Morgan fingerprint density at radius 2 is 1.51 bits per heavy atom. The number of halogens is 3. The standard InChI is InChI=1S/C27H21F3N4O7/c28-18-7-4-15(5-8-18)26(38)32-10-11-33(27(39)17-6-9-20(29)21(30)13-17)25(32)24(37)31-22(14-23(35)36)16-2-1-3-19(12-16)34(40)41/h1-9,12-13,22,25H,10-11,14H2,(H,31,37)(H,35,36). The van der Waals surface area contributed by atoms with E-state index in [1.807, 2.05) is 0 Å². The molecule has 2 N–H and O–H groups in total. The highest BCUT2D eigenvalue weighted by atomic mass is 19.2. The van der Waals surface area contributed by atoms with Crippen molar-refractivity contribution in [2.24, 2.45) is 0 Å². The highest BCUT2D eigenvalue weighted by Gasteiger charge is 2.44. The molecule has 1 aliphatic heterocycles. The lowest BCUT2D eigenvalue weighted by Gasteiger charge is -2.31. The number of nitrogens with one attached hydrogen (secondary N) is 1. The van der Waals surface area contributed by atoms with E-state index in [-0.39, 0.29) is 35.5 Å². The van der Waals surface area contributed by atoms with E-state index in [4.69, 9.17) is 0 Å². The maximum Gasteiger partial charge on any atom is 0.305 e. The van der Waals surface area contributed by atoms with Gasteiger partial charge in [0.15, 0.2) is 17.8 Å². The first kappa shape index (κ1) is 28.7. The van der Waals surface area contributed by atoms with E-state index in [9.17, 15) is 47.6 Å². The molecule has 1 saturated heterocycles. The Morgan fingerprint density at radius 1 is 0.902 bits per heavy atom. The number of amides is 3. The normalized spacial score (nSPS) is 15.3. The molecule has 2 unspecified atom stereocenters. The van der Waals surface area contributed by atoms with Crippen LogP contribution < -0.4 is 5.32 Å². The summed E-state index contributed by atoms with van der Waals surface area (Å²) in [5.74, 6) is -7.23. The molecular weight excluding hydrogens is 549 g/mol. The van der Waals surface area contributed by atoms with Crippen LogP contribution in [0, 0.1) is 27.6 Å². The van der Waals surface area contributed by atoms with Gasteiger partial charge in [0.2, 0.25) is 0 Å². The van der Waals surface area contributed by atoms with Gasteiger partial charge in [0.05, 0.1) is 17.4 Å². The van der Waals surface area contributed by atoms with E-state index >= 15 is 0 Å². The van der Waals surface area contributed by atoms with Gasteiger partial charge in [-0.1, -0.05) is 12.1 Å². The van der Waals surface area contributed by atoms with E-state index < -0.39 is 64.7 Å². The van der Waals surface area contributed by atoms with Gasteiger partial charge in [-0.2, -0.15) is 0 Å². The van der Waals surface area contributed by atoms with E-state index in [2.05, 4.69) is 5.32 Å². The molecule has 1 aliphatic rings. The Balaban J connectivity index is 1.71. The maximum atomic E-state index is 13.9. The number of carboxylic acid groups (broad SMARTS) is 1. The van der Waals surface area contributed by atoms with Crippen LogP contribution in [0.3, 0.4) is 0 Å². The summed E-state index contributed by atoms with van der Waals surface area (Å²) < 4.78 is 40.8. The SMILES string of the molecule is O=C(O)CC(NC(=O)C1N(C(=O)c2ccc(F)cc2)CCN1C(=O)c1ccc(F)c(F)c1)c1cccc([N+](=O)[O-])c1. The molecule has 0 saturated carbocycles. The van der Waals surface area contributed by atoms with Crippen LogP contribution in [0.1, 0.15) is 38.7 Å². The molecule has 1 heterocycles. The zero-order valence-corrected chi connectivity index (χ0v) is 21.0. The lowest BCUT2D eigenvalue weighted by Crippen LogP contribution is -2.54. The average Bonchev–Trinajstić information content (AvgIpc) is 3.39. The smallest absolute Gasteiger partial charge is 0.305 e. The van der Waals surface area contributed by atoms with Gasteiger partial charge in [-0.3, -0.25) is 29.3 Å². The van der Waals surface area contributed by atoms with Crippen LogP contribution in [-0.2, 0) is 9.59 Å². The summed E-state index contributed by atoms with van der Waals surface area (Å²) in [5, 5.41) is 23.1. The number of non-ortho nitro benzene ring substituents is 1. The first-order valence-electron chi connectivity index (χ1n) is 12.1. The van der Waals surface area contributed by atoms with Gasteiger partial charge in [-0.15, -0.1) is 0 Å². The second kappa shape index (κ2) is 11.9. The van der Waals surface area contributed by atoms with E-state index in [0.717, 1.165) is 40.1 Å². The lowest BCUT2D eigenvalue weighted by molar-refractivity contribution is -0.384. The molecule has 1 fully saturated rings. The predicted molar refractivity (Wildman–Crippen MR) is 135 cm³/mol. The molecular formula is C27H21F3N4O7. The minimum Gasteiger partial charge on any atom is -0.481 e. The Bertz CT molecular complexity index is 1530. The lowest BCUT2D eigenvalue weighted by atomic mass is 10.0. The number of hydrogen-bond donors (Lipinski definition) is 2. The topological polar surface area (TPSA) is 150 Å². The number of nitro groups is 1. The molecule has 11 nitrogen and oxygen atoms in total. The third-order valence-electron chi connectivity index (χ3n) is 6.36. The van der Waals surface area contributed by atoms with Crippen LogP contribution in [0.5, 0.6) is 0 Å². The third-order valence-corrected chi connectivity index (χ3v) is 6.36. The molecule has 4 rings (SSSR count). The summed E-state index contributed by atoms with van der Waals surface area (Å²) in [6.45, 7) is -0.409. The first-order chi connectivity index (χ1) is 19.5. The molecule has 0 bridgehead atoms. The van der Waals surface area contributed by atoms with Crippen LogP contribution in [0.4, 0.5) is 18.9 Å². The number of aliphatic carboxylic acids is 1. The van der Waals surface area contributed by atoms with Gasteiger partial charge < -0.3 is 20.2 Å². The fourth-order valence-corrected chi connectivity index (χ4v) is 4.42. The molecule has 0 aromatic heterocycles. The number of benzene rings is 3. The highest BCUT2D eigenvalue weighted by molar-refractivity contribution is 6.02. The van der Waals surface area contributed by atoms with Crippen molar-refractivity contribution in [1.29, 1.82) is 0 Å².